The molecule has 0 fully saturated rings. The van der Waals surface area contributed by atoms with Crippen LogP contribution in [0.15, 0.2) is 53.0 Å². The van der Waals surface area contributed by atoms with E-state index in [0.717, 1.165) is 35.1 Å². The first-order chi connectivity index (χ1) is 10.1. The van der Waals surface area contributed by atoms with Crippen molar-refractivity contribution in [2.45, 2.75) is 26.7 Å². The van der Waals surface area contributed by atoms with Crippen LogP contribution in [0.5, 0.6) is 0 Å². The van der Waals surface area contributed by atoms with Gasteiger partial charge in [0.25, 0.3) is 0 Å². The SMILES string of the molecule is CCCCN(c1ccccc1)c1ccc(C(C)=O)cc1Br. The Morgan fingerprint density at radius 3 is 2.43 bits per heavy atom. The second kappa shape index (κ2) is 7.41. The first-order valence-corrected chi connectivity index (χ1v) is 8.06. The maximum atomic E-state index is 11.5. The second-order valence-electron chi connectivity index (χ2n) is 5.06. The highest BCUT2D eigenvalue weighted by Gasteiger charge is 2.13. The van der Waals surface area contributed by atoms with Crippen LogP contribution in [-0.2, 0) is 0 Å². The first kappa shape index (κ1) is 15.8. The normalized spacial score (nSPS) is 10.4. The van der Waals surface area contributed by atoms with Crippen molar-refractivity contribution >= 4 is 33.1 Å². The minimum atomic E-state index is 0.0852. The largest absolute Gasteiger partial charge is 0.341 e. The van der Waals surface area contributed by atoms with Crippen molar-refractivity contribution < 1.29 is 4.79 Å². The van der Waals surface area contributed by atoms with Gasteiger partial charge in [0, 0.05) is 22.3 Å². The van der Waals surface area contributed by atoms with Gasteiger partial charge >= 0.3 is 0 Å². The van der Waals surface area contributed by atoms with Crippen LogP contribution in [0.3, 0.4) is 0 Å². The lowest BCUT2D eigenvalue weighted by atomic mass is 10.1. The zero-order valence-corrected chi connectivity index (χ0v) is 14.1. The molecule has 0 unspecified atom stereocenters. The van der Waals surface area contributed by atoms with Crippen LogP contribution in [0, 0.1) is 0 Å². The van der Waals surface area contributed by atoms with Crippen LogP contribution in [-0.4, -0.2) is 12.3 Å². The summed E-state index contributed by atoms with van der Waals surface area (Å²) in [5.74, 6) is 0.0852. The summed E-state index contributed by atoms with van der Waals surface area (Å²) in [5, 5.41) is 0. The molecular formula is C18H20BrNO. The third-order valence-corrected chi connectivity index (χ3v) is 4.08. The van der Waals surface area contributed by atoms with E-state index in [1.165, 1.54) is 5.69 Å². The molecule has 0 aliphatic carbocycles. The van der Waals surface area contributed by atoms with Crippen molar-refractivity contribution in [2.75, 3.05) is 11.4 Å². The standard InChI is InChI=1S/C18H20BrNO/c1-3-4-12-20(16-8-6-5-7-9-16)18-11-10-15(14(2)21)13-17(18)19/h5-11,13H,3-4,12H2,1-2H3. The minimum absolute atomic E-state index is 0.0852. The van der Waals surface area contributed by atoms with Crippen molar-refractivity contribution in [3.8, 4) is 0 Å². The lowest BCUT2D eigenvalue weighted by molar-refractivity contribution is 0.101. The molecule has 2 nitrogen and oxygen atoms in total. The van der Waals surface area contributed by atoms with E-state index in [1.54, 1.807) is 6.92 Å². The molecule has 0 amide bonds. The van der Waals surface area contributed by atoms with Gasteiger partial charge in [-0.1, -0.05) is 31.5 Å². The monoisotopic (exact) mass is 345 g/mol. The predicted molar refractivity (Wildman–Crippen MR) is 92.5 cm³/mol. The molecule has 0 radical (unpaired) electrons. The molecule has 0 N–H and O–H groups in total. The van der Waals surface area contributed by atoms with Gasteiger partial charge in [0.2, 0.25) is 0 Å². The van der Waals surface area contributed by atoms with Crippen LogP contribution < -0.4 is 4.90 Å². The molecule has 0 saturated carbocycles. The molecule has 3 heteroatoms. The zero-order chi connectivity index (χ0) is 15.2. The molecular weight excluding hydrogens is 326 g/mol. The van der Waals surface area contributed by atoms with Crippen LogP contribution in [0.2, 0.25) is 0 Å². The molecule has 0 aromatic heterocycles. The van der Waals surface area contributed by atoms with E-state index in [0.29, 0.717) is 0 Å². The lowest BCUT2D eigenvalue weighted by Crippen LogP contribution is -2.18. The Kier molecular flexibility index (Phi) is 5.57. The highest BCUT2D eigenvalue weighted by molar-refractivity contribution is 9.10. The van der Waals surface area contributed by atoms with E-state index < -0.39 is 0 Å². The third-order valence-electron chi connectivity index (χ3n) is 3.45. The summed E-state index contributed by atoms with van der Waals surface area (Å²) in [6.07, 6.45) is 2.27. The summed E-state index contributed by atoms with van der Waals surface area (Å²) in [6, 6.07) is 16.2. The van der Waals surface area contributed by atoms with Gasteiger partial charge in [-0.3, -0.25) is 4.79 Å². The molecule has 0 aliphatic rings. The molecule has 2 aromatic carbocycles. The highest BCUT2D eigenvalue weighted by atomic mass is 79.9. The van der Waals surface area contributed by atoms with Gasteiger partial charge < -0.3 is 4.90 Å². The van der Waals surface area contributed by atoms with Gasteiger partial charge in [-0.15, -0.1) is 0 Å². The first-order valence-electron chi connectivity index (χ1n) is 7.26. The third kappa shape index (κ3) is 3.94. The Morgan fingerprint density at radius 2 is 1.86 bits per heavy atom. The van der Waals surface area contributed by atoms with Gasteiger partial charge in [-0.05, 0) is 59.6 Å². The Balaban J connectivity index is 2.39. The van der Waals surface area contributed by atoms with Gasteiger partial charge in [-0.25, -0.2) is 0 Å². The smallest absolute Gasteiger partial charge is 0.159 e. The number of carbonyl (C=O) groups is 1. The fraction of sp³-hybridized carbons (Fsp3) is 0.278. The summed E-state index contributed by atoms with van der Waals surface area (Å²) in [5.41, 5.74) is 3.00. The fourth-order valence-corrected chi connectivity index (χ4v) is 2.85. The Labute approximate surface area is 134 Å². The Bertz CT molecular complexity index is 610. The van der Waals surface area contributed by atoms with Gasteiger partial charge in [-0.2, -0.15) is 0 Å². The topological polar surface area (TPSA) is 20.3 Å². The summed E-state index contributed by atoms with van der Waals surface area (Å²) in [6.45, 7) is 4.74. The van der Waals surface area contributed by atoms with E-state index in [-0.39, 0.29) is 5.78 Å². The van der Waals surface area contributed by atoms with E-state index >= 15 is 0 Å². The van der Waals surface area contributed by atoms with Crippen molar-refractivity contribution in [1.82, 2.24) is 0 Å². The van der Waals surface area contributed by atoms with Crippen molar-refractivity contribution in [2.24, 2.45) is 0 Å². The fourth-order valence-electron chi connectivity index (χ4n) is 2.26. The number of carbonyl (C=O) groups excluding carboxylic acids is 1. The van der Waals surface area contributed by atoms with E-state index in [2.05, 4.69) is 39.9 Å². The van der Waals surface area contributed by atoms with Crippen LogP contribution in [0.1, 0.15) is 37.0 Å². The molecule has 110 valence electrons. The predicted octanol–water partition coefficient (Wildman–Crippen LogP) is 5.59. The molecule has 0 atom stereocenters. The molecule has 0 saturated heterocycles. The number of Topliss-reactive ketones (excluding diaryl/α,β-unsaturated/α-hetero) is 1. The number of hydrogen-bond donors (Lipinski definition) is 0. The van der Waals surface area contributed by atoms with Gasteiger partial charge in [0.15, 0.2) is 5.78 Å². The van der Waals surface area contributed by atoms with Crippen molar-refractivity contribution in [3.63, 3.8) is 0 Å². The zero-order valence-electron chi connectivity index (χ0n) is 12.5. The van der Waals surface area contributed by atoms with Crippen molar-refractivity contribution in [3.05, 3.63) is 58.6 Å². The number of ketones is 1. The van der Waals surface area contributed by atoms with Crippen molar-refractivity contribution in [1.29, 1.82) is 0 Å². The summed E-state index contributed by atoms with van der Waals surface area (Å²) >= 11 is 3.61. The van der Waals surface area contributed by atoms with E-state index in [1.807, 2.05) is 36.4 Å². The molecule has 0 heterocycles. The van der Waals surface area contributed by atoms with Gasteiger partial charge in [0.1, 0.15) is 0 Å². The number of para-hydroxylation sites is 1. The molecule has 21 heavy (non-hydrogen) atoms. The van der Waals surface area contributed by atoms with Crippen LogP contribution >= 0.6 is 15.9 Å². The second-order valence-corrected chi connectivity index (χ2v) is 5.92. The van der Waals surface area contributed by atoms with E-state index in [4.69, 9.17) is 0 Å². The molecule has 2 aromatic rings. The number of halogens is 1. The number of nitrogens with zero attached hydrogens (tertiary/aromatic N) is 1. The molecule has 0 aliphatic heterocycles. The lowest BCUT2D eigenvalue weighted by Gasteiger charge is -2.26. The Morgan fingerprint density at radius 1 is 1.14 bits per heavy atom. The maximum Gasteiger partial charge on any atom is 0.159 e. The minimum Gasteiger partial charge on any atom is -0.341 e. The van der Waals surface area contributed by atoms with Crippen LogP contribution in [0.25, 0.3) is 0 Å². The summed E-state index contributed by atoms with van der Waals surface area (Å²) < 4.78 is 0.954. The number of benzene rings is 2. The molecule has 0 spiro atoms. The molecule has 0 bridgehead atoms. The molecule has 2 rings (SSSR count). The number of unbranched alkanes of at least 4 members (excludes halogenated alkanes) is 1. The Hall–Kier alpha value is -1.61. The maximum absolute atomic E-state index is 11.5. The average Bonchev–Trinajstić information content (AvgIpc) is 2.50. The number of anilines is 2. The summed E-state index contributed by atoms with van der Waals surface area (Å²) in [4.78, 5) is 13.8. The summed E-state index contributed by atoms with van der Waals surface area (Å²) in [7, 11) is 0. The quantitative estimate of drug-likeness (QED) is 0.636. The highest BCUT2D eigenvalue weighted by Crippen LogP contribution is 2.33. The van der Waals surface area contributed by atoms with Crippen LogP contribution in [0.4, 0.5) is 11.4 Å². The number of hydrogen-bond acceptors (Lipinski definition) is 2. The average molecular weight is 346 g/mol. The van der Waals surface area contributed by atoms with E-state index in [9.17, 15) is 4.79 Å². The van der Waals surface area contributed by atoms with Gasteiger partial charge in [0.05, 0.1) is 5.69 Å². The number of rotatable bonds is 6.